The molecule has 0 radical (unpaired) electrons. The van der Waals surface area contributed by atoms with E-state index in [2.05, 4.69) is 5.32 Å². The van der Waals surface area contributed by atoms with E-state index in [-0.39, 0.29) is 13.0 Å². The van der Waals surface area contributed by atoms with Crippen molar-refractivity contribution < 1.29 is 17.6 Å². The molecule has 1 fully saturated rings. The molecule has 0 aliphatic carbocycles. The summed E-state index contributed by atoms with van der Waals surface area (Å²) < 4.78 is 51.5. The van der Waals surface area contributed by atoms with E-state index in [9.17, 15) is 17.6 Å². The quantitative estimate of drug-likeness (QED) is 0.792. The van der Waals surface area contributed by atoms with Gasteiger partial charge in [-0.3, -0.25) is 0 Å². The second-order valence-corrected chi connectivity index (χ2v) is 4.45. The topological polar surface area (TPSA) is 12.0 Å². The van der Waals surface area contributed by atoms with Crippen molar-refractivity contribution in [3.63, 3.8) is 0 Å². The highest BCUT2D eigenvalue weighted by Gasteiger charge is 2.35. The van der Waals surface area contributed by atoms with Gasteiger partial charge in [0.15, 0.2) is 0 Å². The number of nitrogens with one attached hydrogen (secondary N) is 1. The maximum atomic E-state index is 14.1. The molecule has 1 saturated heterocycles. The average molecular weight is 247 g/mol. The molecule has 0 aromatic heterocycles. The summed E-state index contributed by atoms with van der Waals surface area (Å²) in [5.41, 5.74) is -1.74. The Morgan fingerprint density at radius 3 is 2.65 bits per heavy atom. The molecule has 0 amide bonds. The van der Waals surface area contributed by atoms with Crippen molar-refractivity contribution in [3.05, 3.63) is 35.4 Å². The van der Waals surface area contributed by atoms with Gasteiger partial charge in [0.25, 0.3) is 0 Å². The van der Waals surface area contributed by atoms with Crippen LogP contribution in [-0.2, 0) is 12.6 Å². The normalized spacial score (nSPS) is 25.2. The van der Waals surface area contributed by atoms with Gasteiger partial charge in [0.1, 0.15) is 5.67 Å². The third-order valence-corrected chi connectivity index (χ3v) is 2.97. The number of hydrogen-bond donors (Lipinski definition) is 1. The number of halogens is 4. The Hall–Kier alpha value is -1.10. The fraction of sp³-hybridized carbons (Fsp3) is 0.500. The summed E-state index contributed by atoms with van der Waals surface area (Å²) in [6.07, 6.45) is -3.99. The minimum Gasteiger partial charge on any atom is -0.313 e. The summed E-state index contributed by atoms with van der Waals surface area (Å²) in [6, 6.07) is 4.89. The Morgan fingerprint density at radius 2 is 2.06 bits per heavy atom. The number of alkyl halides is 4. The maximum Gasteiger partial charge on any atom is 0.416 e. The van der Waals surface area contributed by atoms with E-state index in [1.807, 2.05) is 0 Å². The fourth-order valence-electron chi connectivity index (χ4n) is 2.09. The van der Waals surface area contributed by atoms with E-state index in [0.717, 1.165) is 12.1 Å². The first-order valence-corrected chi connectivity index (χ1v) is 5.45. The van der Waals surface area contributed by atoms with Gasteiger partial charge in [0, 0.05) is 13.0 Å². The number of rotatable bonds is 2. The van der Waals surface area contributed by atoms with Gasteiger partial charge < -0.3 is 5.32 Å². The van der Waals surface area contributed by atoms with Crippen molar-refractivity contribution >= 4 is 0 Å². The zero-order valence-corrected chi connectivity index (χ0v) is 9.15. The van der Waals surface area contributed by atoms with Crippen molar-refractivity contribution in [1.82, 2.24) is 5.32 Å². The first-order chi connectivity index (χ1) is 7.89. The predicted molar refractivity (Wildman–Crippen MR) is 56.5 cm³/mol. The van der Waals surface area contributed by atoms with Gasteiger partial charge in [-0.15, -0.1) is 0 Å². The van der Waals surface area contributed by atoms with Crippen LogP contribution in [0.5, 0.6) is 0 Å². The zero-order chi connectivity index (χ0) is 12.5. The highest BCUT2D eigenvalue weighted by Crippen LogP contribution is 2.31. The van der Waals surface area contributed by atoms with Gasteiger partial charge in [0.2, 0.25) is 0 Å². The van der Waals surface area contributed by atoms with Crippen LogP contribution in [0.15, 0.2) is 24.3 Å². The molecule has 94 valence electrons. The molecule has 1 aromatic rings. The van der Waals surface area contributed by atoms with Crippen molar-refractivity contribution in [2.24, 2.45) is 0 Å². The fourth-order valence-corrected chi connectivity index (χ4v) is 2.09. The van der Waals surface area contributed by atoms with E-state index < -0.39 is 17.4 Å². The Balaban J connectivity index is 2.17. The summed E-state index contributed by atoms with van der Waals surface area (Å²) in [7, 11) is 0. The lowest BCUT2D eigenvalue weighted by Gasteiger charge is -2.18. The molecular weight excluding hydrogens is 234 g/mol. The summed E-state index contributed by atoms with van der Waals surface area (Å²) in [6.45, 7) is 0.790. The van der Waals surface area contributed by atoms with Crippen molar-refractivity contribution in [2.45, 2.75) is 24.7 Å². The van der Waals surface area contributed by atoms with Crippen LogP contribution in [0.4, 0.5) is 17.6 Å². The molecule has 17 heavy (non-hydrogen) atoms. The maximum absolute atomic E-state index is 14.1. The number of hydrogen-bond acceptors (Lipinski definition) is 1. The van der Waals surface area contributed by atoms with Gasteiger partial charge in [-0.1, -0.05) is 18.2 Å². The number of benzene rings is 1. The van der Waals surface area contributed by atoms with Gasteiger partial charge in [-0.25, -0.2) is 4.39 Å². The van der Waals surface area contributed by atoms with Crippen LogP contribution in [0.3, 0.4) is 0 Å². The highest BCUT2D eigenvalue weighted by molar-refractivity contribution is 5.27. The summed E-state index contributed by atoms with van der Waals surface area (Å²) >= 11 is 0. The molecule has 1 aromatic carbocycles. The molecule has 1 unspecified atom stereocenters. The molecular formula is C12H13F4N. The lowest BCUT2D eigenvalue weighted by atomic mass is 9.94. The van der Waals surface area contributed by atoms with Gasteiger partial charge in [-0.05, 0) is 24.6 Å². The highest BCUT2D eigenvalue weighted by atomic mass is 19.4. The zero-order valence-electron chi connectivity index (χ0n) is 9.15. The molecule has 1 aliphatic heterocycles. The van der Waals surface area contributed by atoms with Crippen LogP contribution in [0.1, 0.15) is 17.5 Å². The van der Waals surface area contributed by atoms with Crippen molar-refractivity contribution in [3.8, 4) is 0 Å². The van der Waals surface area contributed by atoms with E-state index >= 15 is 0 Å². The Morgan fingerprint density at radius 1 is 1.29 bits per heavy atom. The molecule has 1 N–H and O–H groups in total. The Kier molecular flexibility index (Phi) is 3.12. The third-order valence-electron chi connectivity index (χ3n) is 2.97. The Labute approximate surface area is 96.8 Å². The van der Waals surface area contributed by atoms with Crippen LogP contribution >= 0.6 is 0 Å². The predicted octanol–water partition coefficient (Wildman–Crippen LogP) is 2.95. The minimum absolute atomic E-state index is 0.0317. The molecule has 5 heteroatoms. The molecule has 0 bridgehead atoms. The van der Waals surface area contributed by atoms with E-state index in [4.69, 9.17) is 0 Å². The van der Waals surface area contributed by atoms with Crippen LogP contribution in [0.2, 0.25) is 0 Å². The second-order valence-electron chi connectivity index (χ2n) is 4.45. The molecule has 2 rings (SSSR count). The first kappa shape index (κ1) is 12.4. The van der Waals surface area contributed by atoms with Crippen LogP contribution in [-0.4, -0.2) is 18.8 Å². The minimum atomic E-state index is -4.37. The standard InChI is InChI=1S/C12H13F4N/c13-11(4-5-17-8-11)7-9-2-1-3-10(6-9)12(14,15)16/h1-3,6,17H,4-5,7-8H2. The van der Waals surface area contributed by atoms with E-state index in [1.54, 1.807) is 0 Å². The largest absolute Gasteiger partial charge is 0.416 e. The lowest BCUT2D eigenvalue weighted by molar-refractivity contribution is -0.137. The first-order valence-electron chi connectivity index (χ1n) is 5.45. The van der Waals surface area contributed by atoms with Crippen LogP contribution < -0.4 is 5.32 Å². The van der Waals surface area contributed by atoms with Crippen molar-refractivity contribution in [2.75, 3.05) is 13.1 Å². The second kappa shape index (κ2) is 4.29. The van der Waals surface area contributed by atoms with Gasteiger partial charge in [0.05, 0.1) is 5.56 Å². The lowest BCUT2D eigenvalue weighted by Crippen LogP contribution is -2.28. The van der Waals surface area contributed by atoms with E-state index in [1.165, 1.54) is 12.1 Å². The molecule has 0 spiro atoms. The van der Waals surface area contributed by atoms with Gasteiger partial charge >= 0.3 is 6.18 Å². The van der Waals surface area contributed by atoms with E-state index in [0.29, 0.717) is 18.5 Å². The average Bonchev–Trinajstić information content (AvgIpc) is 2.64. The van der Waals surface area contributed by atoms with Crippen LogP contribution in [0, 0.1) is 0 Å². The smallest absolute Gasteiger partial charge is 0.313 e. The SMILES string of the molecule is FC1(Cc2cccc(C(F)(F)F)c2)CCNC1. The molecule has 1 atom stereocenters. The molecule has 1 aliphatic rings. The van der Waals surface area contributed by atoms with Gasteiger partial charge in [-0.2, -0.15) is 13.2 Å². The molecule has 1 heterocycles. The summed E-state index contributed by atoms with van der Waals surface area (Å²) in [4.78, 5) is 0. The van der Waals surface area contributed by atoms with Crippen molar-refractivity contribution in [1.29, 1.82) is 0 Å². The summed E-state index contributed by atoms with van der Waals surface area (Å²) in [5, 5.41) is 2.88. The molecule has 0 saturated carbocycles. The Bertz CT molecular complexity index is 394. The third kappa shape index (κ3) is 2.97. The monoisotopic (exact) mass is 247 g/mol. The molecule has 1 nitrogen and oxygen atoms in total. The van der Waals surface area contributed by atoms with Crippen LogP contribution in [0.25, 0.3) is 0 Å². The summed E-state index contributed by atoms with van der Waals surface area (Å²) in [5.74, 6) is 0.